The molecule has 21 heavy (non-hydrogen) atoms. The number of rotatable bonds is 2. The van der Waals surface area contributed by atoms with Crippen LogP contribution in [-0.4, -0.2) is 28.9 Å². The van der Waals surface area contributed by atoms with E-state index in [1.54, 1.807) is 12.3 Å². The molecule has 1 atom stereocenters. The van der Waals surface area contributed by atoms with E-state index in [4.69, 9.17) is 11.6 Å². The molecule has 0 bridgehead atoms. The van der Waals surface area contributed by atoms with Crippen LogP contribution in [0.4, 0.5) is 0 Å². The molecule has 1 unspecified atom stereocenters. The van der Waals surface area contributed by atoms with Gasteiger partial charge in [-0.05, 0) is 25.0 Å². The molecule has 0 aliphatic carbocycles. The summed E-state index contributed by atoms with van der Waals surface area (Å²) in [5, 5.41) is 0.482. The lowest BCUT2D eigenvalue weighted by atomic mass is 9.99. The minimum atomic E-state index is -0.0223. The van der Waals surface area contributed by atoms with Crippen molar-refractivity contribution in [2.45, 2.75) is 19.3 Å². The largest absolute Gasteiger partial charge is 0.338 e. The molecule has 108 valence electrons. The van der Waals surface area contributed by atoms with Crippen LogP contribution in [0.3, 0.4) is 0 Å². The van der Waals surface area contributed by atoms with E-state index < -0.39 is 0 Å². The van der Waals surface area contributed by atoms with Gasteiger partial charge in [0.05, 0.1) is 10.6 Å². The third-order valence-electron chi connectivity index (χ3n) is 3.97. The van der Waals surface area contributed by atoms with Gasteiger partial charge in [0.15, 0.2) is 0 Å². The molecule has 1 aliphatic rings. The molecule has 0 radical (unpaired) electrons. The molecular weight excluding hydrogens is 284 g/mol. The Hall–Kier alpha value is -1.87. The maximum atomic E-state index is 12.6. The smallest absolute Gasteiger partial charge is 0.256 e. The average Bonchev–Trinajstić information content (AvgIpc) is 2.97. The third kappa shape index (κ3) is 2.93. The summed E-state index contributed by atoms with van der Waals surface area (Å²) in [6, 6.07) is 12.1. The molecule has 0 saturated carbocycles. The fraction of sp³-hybridized carbons (Fsp3) is 0.294. The van der Waals surface area contributed by atoms with Gasteiger partial charge in [0.1, 0.15) is 0 Å². The van der Waals surface area contributed by atoms with Crippen molar-refractivity contribution < 1.29 is 4.79 Å². The minimum absolute atomic E-state index is 0.0223. The summed E-state index contributed by atoms with van der Waals surface area (Å²) in [6.45, 7) is 3.37. The molecule has 1 saturated heterocycles. The number of hydrogen-bond donors (Lipinski definition) is 0. The highest BCUT2D eigenvalue weighted by Crippen LogP contribution is 2.29. The molecule has 2 aromatic rings. The van der Waals surface area contributed by atoms with Crippen LogP contribution in [-0.2, 0) is 0 Å². The van der Waals surface area contributed by atoms with Gasteiger partial charge in [-0.2, -0.15) is 0 Å². The minimum Gasteiger partial charge on any atom is -0.338 e. The summed E-state index contributed by atoms with van der Waals surface area (Å²) in [4.78, 5) is 18.6. The molecule has 3 rings (SSSR count). The van der Waals surface area contributed by atoms with Crippen molar-refractivity contribution in [3.63, 3.8) is 0 Å². The van der Waals surface area contributed by atoms with Crippen LogP contribution in [0.2, 0.25) is 5.02 Å². The van der Waals surface area contributed by atoms with E-state index in [0.717, 1.165) is 25.2 Å². The number of pyridine rings is 1. The molecule has 4 heteroatoms. The van der Waals surface area contributed by atoms with Gasteiger partial charge < -0.3 is 4.90 Å². The second-order valence-corrected chi connectivity index (χ2v) is 5.86. The number of likely N-dealkylation sites (tertiary alicyclic amines) is 1. The van der Waals surface area contributed by atoms with Gasteiger partial charge in [0.25, 0.3) is 5.91 Å². The number of carbonyl (C=O) groups excluding carboxylic acids is 1. The quantitative estimate of drug-likeness (QED) is 0.848. The summed E-state index contributed by atoms with van der Waals surface area (Å²) in [5.41, 5.74) is 2.61. The Morgan fingerprint density at radius 1 is 1.33 bits per heavy atom. The lowest BCUT2D eigenvalue weighted by Gasteiger charge is -2.17. The Bertz CT molecular complexity index is 657. The fourth-order valence-corrected chi connectivity index (χ4v) is 3.08. The van der Waals surface area contributed by atoms with Gasteiger partial charge in [0.2, 0.25) is 0 Å². The highest BCUT2D eigenvalue weighted by Gasteiger charge is 2.28. The van der Waals surface area contributed by atoms with Crippen molar-refractivity contribution >= 4 is 17.5 Å². The molecular formula is C17H17ClN2O. The Morgan fingerprint density at radius 2 is 2.10 bits per heavy atom. The first-order valence-corrected chi connectivity index (χ1v) is 7.49. The van der Waals surface area contributed by atoms with Crippen molar-refractivity contribution in [2.24, 2.45) is 0 Å². The van der Waals surface area contributed by atoms with Crippen LogP contribution < -0.4 is 0 Å². The van der Waals surface area contributed by atoms with Crippen LogP contribution in [0.15, 0.2) is 42.6 Å². The number of aryl methyl sites for hydroxylation is 1. The van der Waals surface area contributed by atoms with Gasteiger partial charge in [-0.1, -0.05) is 41.9 Å². The first kappa shape index (κ1) is 14.1. The van der Waals surface area contributed by atoms with Gasteiger partial charge in [0, 0.05) is 30.9 Å². The van der Waals surface area contributed by atoms with Crippen molar-refractivity contribution in [1.82, 2.24) is 9.88 Å². The number of amides is 1. The highest BCUT2D eigenvalue weighted by atomic mass is 35.5. The Kier molecular flexibility index (Phi) is 3.93. The number of aromatic nitrogens is 1. The average molecular weight is 301 g/mol. The number of benzene rings is 1. The molecule has 2 heterocycles. The van der Waals surface area contributed by atoms with Crippen LogP contribution in [0.1, 0.15) is 34.0 Å². The standard InChI is InChI=1S/C17H17ClN2O/c1-12-9-16(18)15(10-19-12)17(21)20-8-7-14(11-20)13-5-3-2-4-6-13/h2-6,9-10,14H,7-8,11H2,1H3. The zero-order valence-corrected chi connectivity index (χ0v) is 12.7. The summed E-state index contributed by atoms with van der Waals surface area (Å²) < 4.78 is 0. The summed E-state index contributed by atoms with van der Waals surface area (Å²) in [7, 11) is 0. The van der Waals surface area contributed by atoms with Crippen LogP contribution in [0.25, 0.3) is 0 Å². The first-order chi connectivity index (χ1) is 10.1. The highest BCUT2D eigenvalue weighted by molar-refractivity contribution is 6.33. The molecule has 1 aliphatic heterocycles. The van der Waals surface area contributed by atoms with Crippen molar-refractivity contribution in [2.75, 3.05) is 13.1 Å². The topological polar surface area (TPSA) is 33.2 Å². The monoisotopic (exact) mass is 300 g/mol. The molecule has 1 aromatic heterocycles. The molecule has 1 aromatic carbocycles. The molecule has 0 N–H and O–H groups in total. The fourth-order valence-electron chi connectivity index (χ4n) is 2.80. The second kappa shape index (κ2) is 5.86. The van der Waals surface area contributed by atoms with Gasteiger partial charge in [-0.15, -0.1) is 0 Å². The van der Waals surface area contributed by atoms with Crippen LogP contribution in [0, 0.1) is 6.92 Å². The maximum absolute atomic E-state index is 12.6. The Labute approximate surface area is 129 Å². The van der Waals surface area contributed by atoms with E-state index in [-0.39, 0.29) is 5.91 Å². The SMILES string of the molecule is Cc1cc(Cl)c(C(=O)N2CCC(c3ccccc3)C2)cn1. The van der Waals surface area contributed by atoms with E-state index in [1.165, 1.54) is 5.56 Å². The number of nitrogens with zero attached hydrogens (tertiary/aromatic N) is 2. The zero-order valence-electron chi connectivity index (χ0n) is 11.9. The Morgan fingerprint density at radius 3 is 2.81 bits per heavy atom. The van der Waals surface area contributed by atoms with E-state index in [9.17, 15) is 4.79 Å². The molecule has 1 fully saturated rings. The van der Waals surface area contributed by atoms with Gasteiger partial charge in [-0.25, -0.2) is 0 Å². The first-order valence-electron chi connectivity index (χ1n) is 7.11. The van der Waals surface area contributed by atoms with E-state index in [2.05, 4.69) is 17.1 Å². The van der Waals surface area contributed by atoms with Crippen molar-refractivity contribution in [3.05, 3.63) is 64.4 Å². The molecule has 3 nitrogen and oxygen atoms in total. The van der Waals surface area contributed by atoms with Crippen LogP contribution >= 0.6 is 11.6 Å². The lowest BCUT2D eigenvalue weighted by Crippen LogP contribution is -2.28. The maximum Gasteiger partial charge on any atom is 0.256 e. The number of hydrogen-bond acceptors (Lipinski definition) is 2. The Balaban J connectivity index is 1.75. The zero-order chi connectivity index (χ0) is 14.8. The second-order valence-electron chi connectivity index (χ2n) is 5.45. The predicted molar refractivity (Wildman–Crippen MR) is 83.7 cm³/mol. The van der Waals surface area contributed by atoms with Crippen molar-refractivity contribution in [3.8, 4) is 0 Å². The number of carbonyl (C=O) groups is 1. The van der Waals surface area contributed by atoms with E-state index in [0.29, 0.717) is 16.5 Å². The lowest BCUT2D eigenvalue weighted by molar-refractivity contribution is 0.0790. The van der Waals surface area contributed by atoms with E-state index >= 15 is 0 Å². The summed E-state index contributed by atoms with van der Waals surface area (Å²) >= 11 is 6.17. The third-order valence-corrected chi connectivity index (χ3v) is 4.28. The molecule has 1 amide bonds. The van der Waals surface area contributed by atoms with Crippen LogP contribution in [0.5, 0.6) is 0 Å². The summed E-state index contributed by atoms with van der Waals surface area (Å²) in [6.07, 6.45) is 2.57. The van der Waals surface area contributed by atoms with Gasteiger partial charge in [-0.3, -0.25) is 9.78 Å². The number of halogens is 1. The van der Waals surface area contributed by atoms with Gasteiger partial charge >= 0.3 is 0 Å². The summed E-state index contributed by atoms with van der Waals surface area (Å²) in [5.74, 6) is 0.387. The normalized spacial score (nSPS) is 18.0. The van der Waals surface area contributed by atoms with E-state index in [1.807, 2.05) is 30.0 Å². The molecule has 0 spiro atoms. The van der Waals surface area contributed by atoms with Crippen molar-refractivity contribution in [1.29, 1.82) is 0 Å². The predicted octanol–water partition coefficient (Wildman–Crippen LogP) is 3.67.